The first-order valence-electron chi connectivity index (χ1n) is 7.62. The maximum atomic E-state index is 3.45. The molecule has 112 valence electrons. The minimum atomic E-state index is 0.402. The molecule has 0 amide bonds. The van der Waals surface area contributed by atoms with Crippen molar-refractivity contribution in [2.24, 2.45) is 0 Å². The van der Waals surface area contributed by atoms with Gasteiger partial charge in [-0.3, -0.25) is 0 Å². The van der Waals surface area contributed by atoms with E-state index < -0.39 is 0 Å². The molecule has 1 unspecified atom stereocenters. The van der Waals surface area contributed by atoms with Crippen LogP contribution in [0.15, 0.2) is 48.5 Å². The van der Waals surface area contributed by atoms with E-state index >= 15 is 0 Å². The van der Waals surface area contributed by atoms with Crippen molar-refractivity contribution in [1.82, 2.24) is 5.32 Å². The van der Waals surface area contributed by atoms with Crippen LogP contribution in [0.3, 0.4) is 0 Å². The van der Waals surface area contributed by atoms with Crippen molar-refractivity contribution >= 4 is 5.69 Å². The Bertz CT molecular complexity index is 560. The van der Waals surface area contributed by atoms with Gasteiger partial charge in [-0.2, -0.15) is 0 Å². The molecule has 1 N–H and O–H groups in total. The summed E-state index contributed by atoms with van der Waals surface area (Å²) in [5, 5.41) is 3.45. The Balaban J connectivity index is 2.00. The Labute approximate surface area is 128 Å². The first-order chi connectivity index (χ1) is 10.1. The van der Waals surface area contributed by atoms with Crippen LogP contribution in [0.4, 0.5) is 5.69 Å². The molecular formula is C19H26N2. The number of rotatable bonds is 6. The lowest BCUT2D eigenvalue weighted by Crippen LogP contribution is -2.25. The molecule has 0 spiro atoms. The standard InChI is InChI=1S/C19H26N2/c1-15-9-11-17(12-10-15)21(4)14-13-19(20-3)18-8-6-5-7-16(18)2/h5-12,19-20H,13-14H2,1-4H3. The van der Waals surface area contributed by atoms with E-state index in [-0.39, 0.29) is 0 Å². The van der Waals surface area contributed by atoms with Crippen molar-refractivity contribution in [3.05, 3.63) is 65.2 Å². The Kier molecular flexibility index (Phi) is 5.40. The summed E-state index contributed by atoms with van der Waals surface area (Å²) in [6.07, 6.45) is 1.09. The van der Waals surface area contributed by atoms with Crippen LogP contribution in [0, 0.1) is 13.8 Å². The highest BCUT2D eigenvalue weighted by molar-refractivity contribution is 5.46. The van der Waals surface area contributed by atoms with Gasteiger partial charge in [0.15, 0.2) is 0 Å². The van der Waals surface area contributed by atoms with Crippen LogP contribution in [0.2, 0.25) is 0 Å². The second kappa shape index (κ2) is 7.28. The van der Waals surface area contributed by atoms with Crippen molar-refractivity contribution in [3.8, 4) is 0 Å². The number of aryl methyl sites for hydroxylation is 2. The van der Waals surface area contributed by atoms with Gasteiger partial charge in [-0.05, 0) is 50.6 Å². The third kappa shape index (κ3) is 4.08. The van der Waals surface area contributed by atoms with Crippen molar-refractivity contribution in [1.29, 1.82) is 0 Å². The van der Waals surface area contributed by atoms with Gasteiger partial charge in [0.05, 0.1) is 0 Å². The average Bonchev–Trinajstić information content (AvgIpc) is 2.50. The minimum absolute atomic E-state index is 0.402. The van der Waals surface area contributed by atoms with Crippen LogP contribution in [-0.4, -0.2) is 20.6 Å². The fraction of sp³-hybridized carbons (Fsp3) is 0.368. The molecule has 2 heteroatoms. The second-order valence-corrected chi connectivity index (χ2v) is 5.74. The topological polar surface area (TPSA) is 15.3 Å². The zero-order valence-electron chi connectivity index (χ0n) is 13.6. The highest BCUT2D eigenvalue weighted by Gasteiger charge is 2.12. The smallest absolute Gasteiger partial charge is 0.0363 e. The van der Waals surface area contributed by atoms with Crippen LogP contribution in [0.5, 0.6) is 0 Å². The summed E-state index contributed by atoms with van der Waals surface area (Å²) in [5.74, 6) is 0. The fourth-order valence-corrected chi connectivity index (χ4v) is 2.68. The molecule has 21 heavy (non-hydrogen) atoms. The van der Waals surface area contributed by atoms with Crippen LogP contribution in [0.25, 0.3) is 0 Å². The Hall–Kier alpha value is -1.80. The Morgan fingerprint density at radius 3 is 2.29 bits per heavy atom. The van der Waals surface area contributed by atoms with Crippen LogP contribution < -0.4 is 10.2 Å². The summed E-state index contributed by atoms with van der Waals surface area (Å²) in [7, 11) is 4.21. The zero-order valence-corrected chi connectivity index (χ0v) is 13.6. The summed E-state index contributed by atoms with van der Waals surface area (Å²) in [6, 6.07) is 17.8. The number of nitrogens with zero attached hydrogens (tertiary/aromatic N) is 1. The molecule has 0 bridgehead atoms. The van der Waals surface area contributed by atoms with E-state index in [1.165, 1.54) is 22.4 Å². The van der Waals surface area contributed by atoms with Crippen molar-refractivity contribution in [3.63, 3.8) is 0 Å². The van der Waals surface area contributed by atoms with Gasteiger partial charge in [0.25, 0.3) is 0 Å². The predicted octanol–water partition coefficient (Wildman–Crippen LogP) is 4.09. The van der Waals surface area contributed by atoms with Gasteiger partial charge < -0.3 is 10.2 Å². The molecule has 0 saturated heterocycles. The first-order valence-corrected chi connectivity index (χ1v) is 7.62. The van der Waals surface area contributed by atoms with E-state index in [1.54, 1.807) is 0 Å². The van der Waals surface area contributed by atoms with E-state index in [1.807, 2.05) is 7.05 Å². The number of hydrogen-bond acceptors (Lipinski definition) is 2. The highest BCUT2D eigenvalue weighted by atomic mass is 15.1. The molecule has 1 atom stereocenters. The number of nitrogens with one attached hydrogen (secondary N) is 1. The van der Waals surface area contributed by atoms with E-state index in [4.69, 9.17) is 0 Å². The van der Waals surface area contributed by atoms with Gasteiger partial charge in [-0.15, -0.1) is 0 Å². The normalized spacial score (nSPS) is 12.2. The van der Waals surface area contributed by atoms with Crippen LogP contribution in [-0.2, 0) is 0 Å². The van der Waals surface area contributed by atoms with Crippen molar-refractivity contribution in [2.45, 2.75) is 26.3 Å². The molecule has 0 radical (unpaired) electrons. The van der Waals surface area contributed by atoms with Gasteiger partial charge in [0, 0.05) is 25.3 Å². The van der Waals surface area contributed by atoms with Gasteiger partial charge >= 0.3 is 0 Å². The third-order valence-electron chi connectivity index (χ3n) is 4.14. The molecule has 2 nitrogen and oxygen atoms in total. The Morgan fingerprint density at radius 1 is 1.00 bits per heavy atom. The summed E-state index contributed by atoms with van der Waals surface area (Å²) in [6.45, 7) is 5.34. The van der Waals surface area contributed by atoms with E-state index in [0.29, 0.717) is 6.04 Å². The molecular weight excluding hydrogens is 256 g/mol. The molecule has 0 aliphatic heterocycles. The molecule has 0 saturated carbocycles. The number of anilines is 1. The average molecular weight is 282 g/mol. The SMILES string of the molecule is CNC(CCN(C)c1ccc(C)cc1)c1ccccc1C. The van der Waals surface area contributed by atoms with Gasteiger partial charge in [0.1, 0.15) is 0 Å². The Morgan fingerprint density at radius 2 is 1.67 bits per heavy atom. The van der Waals surface area contributed by atoms with E-state index in [2.05, 4.69) is 79.6 Å². The lowest BCUT2D eigenvalue weighted by Gasteiger charge is -2.24. The minimum Gasteiger partial charge on any atom is -0.375 e. The molecule has 2 aromatic carbocycles. The monoisotopic (exact) mass is 282 g/mol. The van der Waals surface area contributed by atoms with Crippen molar-refractivity contribution < 1.29 is 0 Å². The molecule has 0 aromatic heterocycles. The molecule has 0 aliphatic rings. The van der Waals surface area contributed by atoms with Gasteiger partial charge in [0.2, 0.25) is 0 Å². The lowest BCUT2D eigenvalue weighted by molar-refractivity contribution is 0.547. The summed E-state index contributed by atoms with van der Waals surface area (Å²) in [5.41, 5.74) is 5.34. The molecule has 0 heterocycles. The first kappa shape index (κ1) is 15.6. The zero-order chi connectivity index (χ0) is 15.2. The van der Waals surface area contributed by atoms with Gasteiger partial charge in [-0.25, -0.2) is 0 Å². The molecule has 0 aliphatic carbocycles. The summed E-state index contributed by atoms with van der Waals surface area (Å²) >= 11 is 0. The lowest BCUT2D eigenvalue weighted by atomic mass is 9.99. The van der Waals surface area contributed by atoms with Gasteiger partial charge in [-0.1, -0.05) is 42.0 Å². The molecule has 0 fully saturated rings. The maximum absolute atomic E-state index is 3.45. The van der Waals surface area contributed by atoms with Crippen LogP contribution >= 0.6 is 0 Å². The number of benzene rings is 2. The van der Waals surface area contributed by atoms with E-state index in [9.17, 15) is 0 Å². The largest absolute Gasteiger partial charge is 0.375 e. The quantitative estimate of drug-likeness (QED) is 0.858. The molecule has 2 rings (SSSR count). The maximum Gasteiger partial charge on any atom is 0.0363 e. The fourth-order valence-electron chi connectivity index (χ4n) is 2.68. The predicted molar refractivity (Wildman–Crippen MR) is 92.0 cm³/mol. The highest BCUT2D eigenvalue weighted by Crippen LogP contribution is 2.22. The molecule has 2 aromatic rings. The second-order valence-electron chi connectivity index (χ2n) is 5.74. The number of hydrogen-bond donors (Lipinski definition) is 1. The van der Waals surface area contributed by atoms with Crippen molar-refractivity contribution in [2.75, 3.05) is 25.5 Å². The summed E-state index contributed by atoms with van der Waals surface area (Å²) in [4.78, 5) is 2.32. The van der Waals surface area contributed by atoms with Crippen LogP contribution in [0.1, 0.15) is 29.2 Å². The van der Waals surface area contributed by atoms with E-state index in [0.717, 1.165) is 13.0 Å². The third-order valence-corrected chi connectivity index (χ3v) is 4.14. The summed E-state index contributed by atoms with van der Waals surface area (Å²) < 4.78 is 0.